The van der Waals surface area contributed by atoms with Crippen molar-refractivity contribution < 1.29 is 23.9 Å². The van der Waals surface area contributed by atoms with E-state index in [9.17, 15) is 14.4 Å². The Bertz CT molecular complexity index is 1270. The zero-order valence-electron chi connectivity index (χ0n) is 20.4. The van der Waals surface area contributed by atoms with E-state index in [4.69, 9.17) is 21.1 Å². The van der Waals surface area contributed by atoms with Gasteiger partial charge in [-0.2, -0.15) is 0 Å². The number of rotatable bonds is 4. The number of thioether (sulfide) groups is 2. The van der Waals surface area contributed by atoms with Crippen molar-refractivity contribution in [3.05, 3.63) is 39.2 Å². The van der Waals surface area contributed by atoms with E-state index in [1.165, 1.54) is 28.4 Å². The third-order valence-corrected chi connectivity index (χ3v) is 9.24. The summed E-state index contributed by atoms with van der Waals surface area (Å²) in [5.74, 6) is 1.33. The first-order valence-corrected chi connectivity index (χ1v) is 14.3. The molecule has 0 aliphatic carbocycles. The fourth-order valence-corrected chi connectivity index (χ4v) is 7.18. The minimum absolute atomic E-state index is 0.0347. The Morgan fingerprint density at radius 2 is 1.76 bits per heavy atom. The molecule has 5 rings (SSSR count). The fourth-order valence-electron chi connectivity index (χ4n) is 4.33. The van der Waals surface area contributed by atoms with Crippen LogP contribution in [0.3, 0.4) is 0 Å². The molecule has 0 N–H and O–H groups in total. The van der Waals surface area contributed by atoms with Gasteiger partial charge in [-0.15, -0.1) is 23.5 Å². The van der Waals surface area contributed by atoms with Crippen LogP contribution in [0.2, 0.25) is 5.15 Å². The molecular formula is C24H26ClN5O5S2. The molecule has 0 saturated carbocycles. The Balaban J connectivity index is 1.42. The molecule has 10 nitrogen and oxygen atoms in total. The monoisotopic (exact) mass is 563 g/mol. The average Bonchev–Trinajstić information content (AvgIpc) is 3.05. The zero-order chi connectivity index (χ0) is 26.1. The maximum atomic E-state index is 13.7. The summed E-state index contributed by atoms with van der Waals surface area (Å²) >= 11 is 8.93. The van der Waals surface area contributed by atoms with Crippen LogP contribution in [0.5, 0.6) is 0 Å². The Hall–Kier alpha value is -2.54. The summed E-state index contributed by atoms with van der Waals surface area (Å²) in [6, 6.07) is 7.00. The van der Waals surface area contributed by atoms with Crippen LogP contribution >= 0.6 is 35.1 Å². The van der Waals surface area contributed by atoms with Crippen molar-refractivity contribution in [1.82, 2.24) is 19.8 Å². The normalized spacial score (nSPS) is 22.4. The highest BCUT2D eigenvalue weighted by atomic mass is 35.5. The van der Waals surface area contributed by atoms with Gasteiger partial charge >= 0.3 is 6.09 Å². The molecule has 0 aromatic carbocycles. The van der Waals surface area contributed by atoms with Gasteiger partial charge in [0.1, 0.15) is 11.0 Å². The number of fused-ring (bicyclic) bond motifs is 1. The van der Waals surface area contributed by atoms with Crippen molar-refractivity contribution in [2.24, 2.45) is 0 Å². The molecule has 2 atom stereocenters. The SMILES string of the molecule is CCC(=O)N1CCN(C(=O)OC2C3=C(SCC(OC)CS3)C(=O)N2c2ccc3ccc(Cl)nc3n2)CC1. The Labute approximate surface area is 227 Å². The molecule has 5 heterocycles. The number of aromatic nitrogens is 2. The lowest BCUT2D eigenvalue weighted by Crippen LogP contribution is -2.52. The number of methoxy groups -OCH3 is 1. The van der Waals surface area contributed by atoms with Crippen molar-refractivity contribution in [2.75, 3.05) is 49.7 Å². The van der Waals surface area contributed by atoms with Crippen molar-refractivity contribution >= 4 is 69.9 Å². The molecule has 0 bridgehead atoms. The first kappa shape index (κ1) is 26.1. The summed E-state index contributed by atoms with van der Waals surface area (Å²) in [5, 5.41) is 1.06. The van der Waals surface area contributed by atoms with Crippen molar-refractivity contribution in [2.45, 2.75) is 25.7 Å². The van der Waals surface area contributed by atoms with Gasteiger partial charge < -0.3 is 19.3 Å². The fraction of sp³-hybridized carbons (Fsp3) is 0.458. The van der Waals surface area contributed by atoms with Crippen LogP contribution < -0.4 is 4.90 Å². The van der Waals surface area contributed by atoms with Gasteiger partial charge in [-0.05, 0) is 24.3 Å². The van der Waals surface area contributed by atoms with E-state index in [-0.39, 0.29) is 17.9 Å². The van der Waals surface area contributed by atoms with E-state index < -0.39 is 12.3 Å². The van der Waals surface area contributed by atoms with Crippen LogP contribution in [0, 0.1) is 0 Å². The van der Waals surface area contributed by atoms with Gasteiger partial charge in [0.05, 0.1) is 15.9 Å². The van der Waals surface area contributed by atoms with Crippen molar-refractivity contribution in [1.29, 1.82) is 0 Å². The van der Waals surface area contributed by atoms with Crippen LogP contribution in [-0.4, -0.2) is 94.8 Å². The summed E-state index contributed by atoms with van der Waals surface area (Å²) < 4.78 is 11.5. The van der Waals surface area contributed by atoms with Crippen LogP contribution in [-0.2, 0) is 19.1 Å². The summed E-state index contributed by atoms with van der Waals surface area (Å²) in [7, 11) is 1.65. The number of ether oxygens (including phenoxy) is 2. The molecule has 3 aliphatic heterocycles. The maximum absolute atomic E-state index is 13.7. The molecule has 37 heavy (non-hydrogen) atoms. The number of hydrogen-bond donors (Lipinski definition) is 0. The third kappa shape index (κ3) is 5.25. The lowest BCUT2D eigenvalue weighted by Gasteiger charge is -2.35. The van der Waals surface area contributed by atoms with Crippen LogP contribution in [0.1, 0.15) is 13.3 Å². The lowest BCUT2D eigenvalue weighted by atomic mass is 10.3. The third-order valence-electron chi connectivity index (χ3n) is 6.42. The van der Waals surface area contributed by atoms with Crippen molar-refractivity contribution in [3.63, 3.8) is 0 Å². The first-order chi connectivity index (χ1) is 17.9. The summed E-state index contributed by atoms with van der Waals surface area (Å²) in [5.41, 5.74) is 0.390. The number of amides is 3. The van der Waals surface area contributed by atoms with E-state index in [0.29, 0.717) is 70.5 Å². The second-order valence-corrected chi connectivity index (χ2v) is 11.1. The van der Waals surface area contributed by atoms with Gasteiger partial charge in [-0.3, -0.25) is 9.59 Å². The number of nitrogens with zero attached hydrogens (tertiary/aromatic N) is 5. The minimum Gasteiger partial charge on any atom is -0.420 e. The summed E-state index contributed by atoms with van der Waals surface area (Å²) in [6.45, 7) is 3.44. The highest BCUT2D eigenvalue weighted by Crippen LogP contribution is 2.45. The molecule has 3 aliphatic rings. The number of carbonyl (C=O) groups excluding carboxylic acids is 3. The Morgan fingerprint density at radius 1 is 1.05 bits per heavy atom. The lowest BCUT2D eigenvalue weighted by molar-refractivity contribution is -0.132. The van der Waals surface area contributed by atoms with Crippen LogP contribution in [0.15, 0.2) is 34.1 Å². The van der Waals surface area contributed by atoms with E-state index in [2.05, 4.69) is 9.97 Å². The molecule has 1 saturated heterocycles. The van der Waals surface area contributed by atoms with Crippen LogP contribution in [0.4, 0.5) is 10.6 Å². The topological polar surface area (TPSA) is 105 Å². The number of anilines is 1. The molecule has 0 spiro atoms. The summed E-state index contributed by atoms with van der Waals surface area (Å²) in [6.07, 6.45) is -1.12. The molecule has 2 aromatic heterocycles. The van der Waals surface area contributed by atoms with E-state index in [1.54, 1.807) is 35.1 Å². The summed E-state index contributed by atoms with van der Waals surface area (Å²) in [4.78, 5) is 53.7. The van der Waals surface area contributed by atoms with Gasteiger partial charge in [-0.1, -0.05) is 18.5 Å². The Morgan fingerprint density at radius 3 is 2.49 bits per heavy atom. The van der Waals surface area contributed by atoms with E-state index in [0.717, 1.165) is 5.39 Å². The first-order valence-electron chi connectivity index (χ1n) is 11.9. The predicted molar refractivity (Wildman–Crippen MR) is 143 cm³/mol. The largest absolute Gasteiger partial charge is 0.420 e. The predicted octanol–water partition coefficient (Wildman–Crippen LogP) is 3.35. The minimum atomic E-state index is -0.970. The molecule has 196 valence electrons. The highest BCUT2D eigenvalue weighted by molar-refractivity contribution is 8.08. The van der Waals surface area contributed by atoms with Gasteiger partial charge in [0.25, 0.3) is 5.91 Å². The number of piperazine rings is 1. The molecule has 13 heteroatoms. The van der Waals surface area contributed by atoms with E-state index >= 15 is 0 Å². The average molecular weight is 564 g/mol. The molecule has 1 fully saturated rings. The molecule has 2 unspecified atom stereocenters. The number of halogens is 1. The standard InChI is InChI=1S/C24H26ClN5O5S2/c1-3-18(31)28-8-10-29(11-9-28)24(33)35-23-20-19(36-12-15(34-2)13-37-20)22(32)30(23)17-7-5-14-4-6-16(25)26-21(14)27-17/h4-7,15,23H,3,8-13H2,1-2H3. The van der Waals surface area contributed by atoms with Gasteiger partial charge in [0.2, 0.25) is 12.1 Å². The number of hydrogen-bond acceptors (Lipinski definition) is 9. The zero-order valence-corrected chi connectivity index (χ0v) is 22.8. The molecule has 0 radical (unpaired) electrons. The maximum Gasteiger partial charge on any atom is 0.412 e. The second-order valence-electron chi connectivity index (χ2n) is 8.66. The highest BCUT2D eigenvalue weighted by Gasteiger charge is 2.46. The van der Waals surface area contributed by atoms with Gasteiger partial charge in [0, 0.05) is 56.6 Å². The van der Waals surface area contributed by atoms with Gasteiger partial charge in [0.15, 0.2) is 5.65 Å². The molecule has 2 aromatic rings. The van der Waals surface area contributed by atoms with Crippen LogP contribution in [0.25, 0.3) is 11.0 Å². The molecular weight excluding hydrogens is 538 g/mol. The quantitative estimate of drug-likeness (QED) is 0.518. The van der Waals surface area contributed by atoms with Gasteiger partial charge in [-0.25, -0.2) is 19.7 Å². The molecule has 3 amide bonds. The van der Waals surface area contributed by atoms with E-state index in [1.807, 2.05) is 13.0 Å². The number of pyridine rings is 2. The Kier molecular flexibility index (Phi) is 7.80. The van der Waals surface area contributed by atoms with Crippen molar-refractivity contribution in [3.8, 4) is 0 Å². The number of carbonyl (C=O) groups is 3. The second kappa shape index (κ2) is 11.1. The smallest absolute Gasteiger partial charge is 0.412 e.